The van der Waals surface area contributed by atoms with Crippen LogP contribution in [0.5, 0.6) is 0 Å². The third-order valence-electron chi connectivity index (χ3n) is 2.65. The molecule has 0 aliphatic heterocycles. The molecule has 0 aliphatic rings. The molecule has 1 heterocycles. The van der Waals surface area contributed by atoms with Crippen molar-refractivity contribution < 1.29 is 8.42 Å². The number of benzene rings is 1. The van der Waals surface area contributed by atoms with E-state index in [0.717, 1.165) is 12.1 Å². The van der Waals surface area contributed by atoms with E-state index in [1.54, 1.807) is 13.0 Å². The maximum atomic E-state index is 12.2. The lowest BCUT2D eigenvalue weighted by molar-refractivity contribution is 0.601. The molecular formula is C12H15ClN4O2S2. The van der Waals surface area contributed by atoms with Crippen LogP contribution in [0, 0.1) is 6.92 Å². The van der Waals surface area contributed by atoms with E-state index in [0.29, 0.717) is 16.6 Å². The molecule has 0 saturated heterocycles. The molecule has 0 saturated carbocycles. The summed E-state index contributed by atoms with van der Waals surface area (Å²) in [7, 11) is -3.71. The fourth-order valence-corrected chi connectivity index (χ4v) is 3.77. The first-order valence-corrected chi connectivity index (χ1v) is 8.92. The third kappa shape index (κ3) is 4.13. The van der Waals surface area contributed by atoms with Gasteiger partial charge in [0, 0.05) is 11.6 Å². The second-order valence-corrected chi connectivity index (χ2v) is 7.54. The first-order chi connectivity index (χ1) is 9.92. The van der Waals surface area contributed by atoms with Crippen LogP contribution in [-0.2, 0) is 16.6 Å². The maximum absolute atomic E-state index is 12.2. The number of hydrogen-bond acceptors (Lipinski definition) is 6. The molecule has 0 spiro atoms. The number of hydrogen-bond donors (Lipinski definition) is 2. The van der Waals surface area contributed by atoms with Crippen LogP contribution in [0.2, 0.25) is 5.02 Å². The smallest absolute Gasteiger partial charge is 0.263 e. The first-order valence-electron chi connectivity index (χ1n) is 6.24. The Bertz CT molecular complexity index is 731. The standard InChI is InChI=1S/C12H15ClN4O2S2/c1-3-14-7-9-4-5-10(6-11(9)13)21(18,19)17-12-16-15-8(2)20-12/h4-6,14H,3,7H2,1-2H3,(H,16,17). The minimum absolute atomic E-state index is 0.0978. The summed E-state index contributed by atoms with van der Waals surface area (Å²) < 4.78 is 26.9. The molecule has 0 unspecified atom stereocenters. The summed E-state index contributed by atoms with van der Waals surface area (Å²) in [6.07, 6.45) is 0. The Hall–Kier alpha value is -1.22. The molecule has 0 bridgehead atoms. The topological polar surface area (TPSA) is 84.0 Å². The number of aryl methyl sites for hydroxylation is 1. The van der Waals surface area contributed by atoms with Gasteiger partial charge in [-0.3, -0.25) is 4.72 Å². The van der Waals surface area contributed by atoms with Crippen molar-refractivity contribution in [3.05, 3.63) is 33.8 Å². The molecule has 1 aromatic carbocycles. The zero-order valence-electron chi connectivity index (χ0n) is 11.6. The molecule has 6 nitrogen and oxygen atoms in total. The molecular weight excluding hydrogens is 332 g/mol. The summed E-state index contributed by atoms with van der Waals surface area (Å²) in [6, 6.07) is 4.66. The van der Waals surface area contributed by atoms with Crippen molar-refractivity contribution in [2.24, 2.45) is 0 Å². The van der Waals surface area contributed by atoms with Crippen LogP contribution >= 0.6 is 22.9 Å². The van der Waals surface area contributed by atoms with Crippen LogP contribution in [0.15, 0.2) is 23.1 Å². The molecule has 2 N–H and O–H groups in total. The van der Waals surface area contributed by atoms with Gasteiger partial charge in [0.25, 0.3) is 10.0 Å². The summed E-state index contributed by atoms with van der Waals surface area (Å²) in [5.41, 5.74) is 0.851. The number of rotatable bonds is 6. The van der Waals surface area contributed by atoms with Gasteiger partial charge in [-0.15, -0.1) is 10.2 Å². The van der Waals surface area contributed by atoms with Gasteiger partial charge in [-0.1, -0.05) is 35.9 Å². The monoisotopic (exact) mass is 346 g/mol. The Morgan fingerprint density at radius 2 is 2.10 bits per heavy atom. The zero-order valence-corrected chi connectivity index (χ0v) is 13.9. The van der Waals surface area contributed by atoms with Crippen LogP contribution in [0.1, 0.15) is 17.5 Å². The summed E-state index contributed by atoms with van der Waals surface area (Å²) in [4.78, 5) is 0.0978. The lowest BCUT2D eigenvalue weighted by atomic mass is 10.2. The number of aromatic nitrogens is 2. The molecule has 1 aromatic heterocycles. The van der Waals surface area contributed by atoms with Gasteiger partial charge in [0.15, 0.2) is 0 Å². The van der Waals surface area contributed by atoms with Crippen LogP contribution in [0.25, 0.3) is 0 Å². The zero-order chi connectivity index (χ0) is 15.5. The first kappa shape index (κ1) is 16.2. The Kier molecular flexibility index (Phi) is 5.15. The lowest BCUT2D eigenvalue weighted by Crippen LogP contribution is -2.14. The molecule has 0 aliphatic carbocycles. The van der Waals surface area contributed by atoms with Crippen molar-refractivity contribution in [1.82, 2.24) is 15.5 Å². The van der Waals surface area contributed by atoms with E-state index in [9.17, 15) is 8.42 Å². The summed E-state index contributed by atoms with van der Waals surface area (Å²) in [5.74, 6) is 0. The highest BCUT2D eigenvalue weighted by Crippen LogP contribution is 2.24. The van der Waals surface area contributed by atoms with Crippen molar-refractivity contribution in [2.45, 2.75) is 25.3 Å². The molecule has 2 rings (SSSR count). The third-order valence-corrected chi connectivity index (χ3v) is 5.22. The normalized spacial score (nSPS) is 11.6. The van der Waals surface area contributed by atoms with Crippen molar-refractivity contribution in [3.63, 3.8) is 0 Å². The quantitative estimate of drug-likeness (QED) is 0.839. The van der Waals surface area contributed by atoms with E-state index < -0.39 is 10.0 Å². The van der Waals surface area contributed by atoms with Crippen LogP contribution in [0.4, 0.5) is 5.13 Å². The van der Waals surface area contributed by atoms with Crippen molar-refractivity contribution in [3.8, 4) is 0 Å². The lowest BCUT2D eigenvalue weighted by Gasteiger charge is -2.08. The molecule has 0 atom stereocenters. The van der Waals surface area contributed by atoms with E-state index in [2.05, 4.69) is 20.2 Å². The van der Waals surface area contributed by atoms with E-state index >= 15 is 0 Å². The highest BCUT2D eigenvalue weighted by atomic mass is 35.5. The molecule has 114 valence electrons. The Morgan fingerprint density at radius 3 is 2.67 bits per heavy atom. The van der Waals surface area contributed by atoms with Gasteiger partial charge in [-0.05, 0) is 31.2 Å². The number of sulfonamides is 1. The van der Waals surface area contributed by atoms with Crippen molar-refractivity contribution in [1.29, 1.82) is 0 Å². The number of halogens is 1. The predicted molar refractivity (Wildman–Crippen MR) is 84.3 cm³/mol. The van der Waals surface area contributed by atoms with Gasteiger partial charge >= 0.3 is 0 Å². The number of anilines is 1. The van der Waals surface area contributed by atoms with Gasteiger partial charge < -0.3 is 5.32 Å². The van der Waals surface area contributed by atoms with E-state index in [-0.39, 0.29) is 10.0 Å². The van der Waals surface area contributed by atoms with Crippen LogP contribution in [0.3, 0.4) is 0 Å². The van der Waals surface area contributed by atoms with Crippen molar-refractivity contribution >= 4 is 38.1 Å². The number of nitrogens with one attached hydrogen (secondary N) is 2. The van der Waals surface area contributed by atoms with E-state index in [1.165, 1.54) is 23.5 Å². The minimum atomic E-state index is -3.71. The second-order valence-electron chi connectivity index (χ2n) is 4.27. The SMILES string of the molecule is CCNCc1ccc(S(=O)(=O)Nc2nnc(C)s2)cc1Cl. The van der Waals surface area contributed by atoms with Crippen LogP contribution < -0.4 is 10.0 Å². The average molecular weight is 347 g/mol. The Balaban J connectivity index is 2.22. The molecule has 0 radical (unpaired) electrons. The maximum Gasteiger partial charge on any atom is 0.263 e. The fourth-order valence-electron chi connectivity index (χ4n) is 1.61. The molecule has 0 fully saturated rings. The minimum Gasteiger partial charge on any atom is -0.313 e. The molecule has 2 aromatic rings. The molecule has 0 amide bonds. The predicted octanol–water partition coefficient (Wildman–Crippen LogP) is 2.41. The van der Waals surface area contributed by atoms with Gasteiger partial charge in [0.05, 0.1) is 4.90 Å². The summed E-state index contributed by atoms with van der Waals surface area (Å²) >= 11 is 7.29. The van der Waals surface area contributed by atoms with Gasteiger partial charge in [-0.2, -0.15) is 0 Å². The van der Waals surface area contributed by atoms with Crippen molar-refractivity contribution in [2.75, 3.05) is 11.3 Å². The van der Waals surface area contributed by atoms with Gasteiger partial charge in [-0.25, -0.2) is 8.42 Å². The Morgan fingerprint density at radius 1 is 1.33 bits per heavy atom. The number of nitrogens with zero attached hydrogens (tertiary/aromatic N) is 2. The van der Waals surface area contributed by atoms with Crippen LogP contribution in [-0.4, -0.2) is 25.2 Å². The van der Waals surface area contributed by atoms with Gasteiger partial charge in [0.1, 0.15) is 5.01 Å². The van der Waals surface area contributed by atoms with E-state index in [4.69, 9.17) is 11.6 Å². The second kappa shape index (κ2) is 6.69. The largest absolute Gasteiger partial charge is 0.313 e. The highest BCUT2D eigenvalue weighted by Gasteiger charge is 2.17. The van der Waals surface area contributed by atoms with E-state index in [1.807, 2.05) is 6.92 Å². The van der Waals surface area contributed by atoms with Gasteiger partial charge in [0.2, 0.25) is 5.13 Å². The molecule has 9 heteroatoms. The summed E-state index contributed by atoms with van der Waals surface area (Å²) in [6.45, 7) is 5.15. The fraction of sp³-hybridized carbons (Fsp3) is 0.333. The highest BCUT2D eigenvalue weighted by molar-refractivity contribution is 7.93. The average Bonchev–Trinajstić information content (AvgIpc) is 2.82. The molecule has 21 heavy (non-hydrogen) atoms. The Labute approximate surface area is 132 Å². The summed E-state index contributed by atoms with van der Waals surface area (Å²) in [5, 5.41) is 12.0.